The zero-order chi connectivity index (χ0) is 11.1. The van der Waals surface area contributed by atoms with E-state index in [-0.39, 0.29) is 0 Å². The van der Waals surface area contributed by atoms with Crippen LogP contribution in [0.25, 0.3) is 0 Å². The molecule has 0 radical (unpaired) electrons. The van der Waals surface area contributed by atoms with Crippen molar-refractivity contribution in [3.63, 3.8) is 0 Å². The van der Waals surface area contributed by atoms with E-state index in [2.05, 4.69) is 28.6 Å². The number of nitrogens with zero attached hydrogens (tertiary/aromatic N) is 3. The van der Waals surface area contributed by atoms with E-state index in [1.54, 1.807) is 0 Å². The van der Waals surface area contributed by atoms with Crippen LogP contribution in [-0.2, 0) is 0 Å². The Labute approximate surface area is 94.2 Å². The van der Waals surface area contributed by atoms with Gasteiger partial charge in [0.2, 0.25) is 0 Å². The summed E-state index contributed by atoms with van der Waals surface area (Å²) in [5.41, 5.74) is 0. The van der Waals surface area contributed by atoms with Gasteiger partial charge in [-0.1, -0.05) is 26.7 Å². The number of aliphatic imine (C=N–C) groups is 1. The quantitative estimate of drug-likeness (QED) is 0.670. The van der Waals surface area contributed by atoms with Crippen molar-refractivity contribution >= 4 is 5.96 Å². The third-order valence-corrected chi connectivity index (χ3v) is 2.97. The molecule has 0 aromatic heterocycles. The molecule has 0 aromatic rings. The minimum absolute atomic E-state index is 1.16. The number of unbranched alkanes of at least 4 members (excludes halogenated alkanes) is 2. The van der Waals surface area contributed by atoms with E-state index in [4.69, 9.17) is 0 Å². The van der Waals surface area contributed by atoms with Crippen molar-refractivity contribution in [2.75, 3.05) is 33.2 Å². The first-order valence-electron chi connectivity index (χ1n) is 6.30. The predicted molar refractivity (Wildman–Crippen MR) is 66.3 cm³/mol. The number of guanidine groups is 1. The summed E-state index contributed by atoms with van der Waals surface area (Å²) in [5, 5.41) is 0. The average molecular weight is 211 g/mol. The van der Waals surface area contributed by atoms with E-state index < -0.39 is 0 Å². The van der Waals surface area contributed by atoms with Crippen LogP contribution >= 0.6 is 0 Å². The summed E-state index contributed by atoms with van der Waals surface area (Å²) >= 11 is 0. The second kappa shape index (κ2) is 6.70. The molecule has 1 aliphatic heterocycles. The molecule has 15 heavy (non-hydrogen) atoms. The average Bonchev–Trinajstić information content (AvgIpc) is 2.65. The lowest BCUT2D eigenvalue weighted by atomic mass is 10.3. The molecular formula is C12H25N3. The van der Waals surface area contributed by atoms with Crippen molar-refractivity contribution in [1.29, 1.82) is 0 Å². The maximum Gasteiger partial charge on any atom is 0.196 e. The second-order valence-electron chi connectivity index (χ2n) is 4.20. The minimum atomic E-state index is 1.16. The highest BCUT2D eigenvalue weighted by Crippen LogP contribution is 2.11. The predicted octanol–water partition coefficient (Wildman–Crippen LogP) is 2.19. The first-order valence-corrected chi connectivity index (χ1v) is 6.30. The molecule has 1 rings (SSSR count). The zero-order valence-corrected chi connectivity index (χ0v) is 10.5. The molecule has 0 unspecified atom stereocenters. The van der Waals surface area contributed by atoms with Crippen LogP contribution in [0.4, 0.5) is 0 Å². The van der Waals surface area contributed by atoms with Crippen molar-refractivity contribution < 1.29 is 0 Å². The molecular weight excluding hydrogens is 186 g/mol. The Morgan fingerprint density at radius 2 is 1.47 bits per heavy atom. The Hall–Kier alpha value is -0.730. The van der Waals surface area contributed by atoms with E-state index in [1.165, 1.54) is 44.7 Å². The zero-order valence-electron chi connectivity index (χ0n) is 10.5. The molecule has 0 spiro atoms. The summed E-state index contributed by atoms with van der Waals surface area (Å²) in [6.45, 7) is 9.16. The molecule has 3 nitrogen and oxygen atoms in total. The molecule has 0 atom stereocenters. The van der Waals surface area contributed by atoms with Crippen LogP contribution in [0.1, 0.15) is 39.5 Å². The van der Waals surface area contributed by atoms with Gasteiger partial charge in [0, 0.05) is 33.2 Å². The molecule has 1 aliphatic rings. The van der Waals surface area contributed by atoms with E-state index in [9.17, 15) is 0 Å². The molecule has 1 heterocycles. The Bertz CT molecular complexity index is 183. The molecule has 88 valence electrons. The normalized spacial score (nSPS) is 16.3. The largest absolute Gasteiger partial charge is 0.341 e. The van der Waals surface area contributed by atoms with Gasteiger partial charge in [0.15, 0.2) is 5.96 Å². The Kier molecular flexibility index (Phi) is 5.51. The summed E-state index contributed by atoms with van der Waals surface area (Å²) in [4.78, 5) is 9.28. The van der Waals surface area contributed by atoms with Gasteiger partial charge in [0.05, 0.1) is 0 Å². The van der Waals surface area contributed by atoms with Crippen molar-refractivity contribution in [1.82, 2.24) is 9.80 Å². The lowest BCUT2D eigenvalue weighted by molar-refractivity contribution is 0.444. The van der Waals surface area contributed by atoms with Crippen LogP contribution in [0.5, 0.6) is 0 Å². The third kappa shape index (κ3) is 3.40. The fourth-order valence-corrected chi connectivity index (χ4v) is 2.05. The monoisotopic (exact) mass is 211 g/mol. The van der Waals surface area contributed by atoms with E-state index >= 15 is 0 Å². The van der Waals surface area contributed by atoms with Crippen molar-refractivity contribution in [3.05, 3.63) is 0 Å². The SMILES string of the molecule is CCCCN1CCN(CCCC)C1=NC. The molecule has 0 N–H and O–H groups in total. The van der Waals surface area contributed by atoms with Gasteiger partial charge in [-0.05, 0) is 12.8 Å². The summed E-state index contributed by atoms with van der Waals surface area (Å²) < 4.78 is 0. The Morgan fingerprint density at radius 3 is 1.80 bits per heavy atom. The maximum absolute atomic E-state index is 4.42. The van der Waals surface area contributed by atoms with Crippen molar-refractivity contribution in [2.45, 2.75) is 39.5 Å². The van der Waals surface area contributed by atoms with Crippen LogP contribution in [0.15, 0.2) is 4.99 Å². The van der Waals surface area contributed by atoms with Gasteiger partial charge in [-0.25, -0.2) is 0 Å². The standard InChI is InChI=1S/C12H25N3/c1-4-6-8-14-10-11-15(9-7-5-2)12(14)13-3/h4-11H2,1-3H3. The lowest BCUT2D eigenvalue weighted by Crippen LogP contribution is -2.34. The molecule has 0 aromatic carbocycles. The molecule has 0 bridgehead atoms. The summed E-state index contributed by atoms with van der Waals surface area (Å²) in [6, 6.07) is 0. The van der Waals surface area contributed by atoms with Crippen LogP contribution in [0.2, 0.25) is 0 Å². The van der Waals surface area contributed by atoms with Crippen LogP contribution in [-0.4, -0.2) is 49.0 Å². The topological polar surface area (TPSA) is 18.8 Å². The van der Waals surface area contributed by atoms with Gasteiger partial charge < -0.3 is 9.80 Å². The highest BCUT2D eigenvalue weighted by molar-refractivity contribution is 5.81. The van der Waals surface area contributed by atoms with E-state index in [1.807, 2.05) is 7.05 Å². The number of hydrogen-bond acceptors (Lipinski definition) is 1. The lowest BCUT2D eigenvalue weighted by Gasteiger charge is -2.22. The maximum atomic E-state index is 4.42. The molecule has 0 amide bonds. The van der Waals surface area contributed by atoms with Crippen LogP contribution < -0.4 is 0 Å². The van der Waals surface area contributed by atoms with Gasteiger partial charge in [-0.15, -0.1) is 0 Å². The summed E-state index contributed by atoms with van der Waals surface area (Å²) in [6.07, 6.45) is 5.09. The second-order valence-corrected chi connectivity index (χ2v) is 4.20. The van der Waals surface area contributed by atoms with Gasteiger partial charge in [0.25, 0.3) is 0 Å². The van der Waals surface area contributed by atoms with Gasteiger partial charge >= 0.3 is 0 Å². The molecule has 1 saturated heterocycles. The van der Waals surface area contributed by atoms with Gasteiger partial charge in [-0.3, -0.25) is 4.99 Å². The minimum Gasteiger partial charge on any atom is -0.341 e. The van der Waals surface area contributed by atoms with Crippen LogP contribution in [0, 0.1) is 0 Å². The van der Waals surface area contributed by atoms with Gasteiger partial charge in [0.1, 0.15) is 0 Å². The Balaban J connectivity index is 2.43. The fraction of sp³-hybridized carbons (Fsp3) is 0.917. The Morgan fingerprint density at radius 1 is 1.00 bits per heavy atom. The van der Waals surface area contributed by atoms with Gasteiger partial charge in [-0.2, -0.15) is 0 Å². The smallest absolute Gasteiger partial charge is 0.196 e. The van der Waals surface area contributed by atoms with Crippen LogP contribution in [0.3, 0.4) is 0 Å². The van der Waals surface area contributed by atoms with Crippen molar-refractivity contribution in [3.8, 4) is 0 Å². The van der Waals surface area contributed by atoms with Crippen molar-refractivity contribution in [2.24, 2.45) is 4.99 Å². The molecule has 3 heteroatoms. The molecule has 1 fully saturated rings. The first-order chi connectivity index (χ1) is 7.33. The third-order valence-electron chi connectivity index (χ3n) is 2.97. The van der Waals surface area contributed by atoms with E-state index in [0.29, 0.717) is 0 Å². The first kappa shape index (κ1) is 12.3. The highest BCUT2D eigenvalue weighted by atomic mass is 15.4. The number of rotatable bonds is 6. The summed E-state index contributed by atoms with van der Waals surface area (Å²) in [7, 11) is 1.92. The highest BCUT2D eigenvalue weighted by Gasteiger charge is 2.24. The molecule has 0 aliphatic carbocycles. The molecule has 0 saturated carbocycles. The summed E-state index contributed by atoms with van der Waals surface area (Å²) in [5.74, 6) is 1.22. The van der Waals surface area contributed by atoms with E-state index in [0.717, 1.165) is 13.1 Å². The number of hydrogen-bond donors (Lipinski definition) is 0. The fourth-order valence-electron chi connectivity index (χ4n) is 2.05.